The normalized spacial score (nSPS) is 12.3. The van der Waals surface area contributed by atoms with Crippen molar-refractivity contribution in [1.82, 2.24) is 0 Å². The molecule has 18 heavy (non-hydrogen) atoms. The van der Waals surface area contributed by atoms with Gasteiger partial charge >= 0.3 is 5.97 Å². The van der Waals surface area contributed by atoms with Gasteiger partial charge in [-0.15, -0.1) is 0 Å². The van der Waals surface area contributed by atoms with Gasteiger partial charge in [0.25, 0.3) is 0 Å². The number of methoxy groups -OCH3 is 1. The van der Waals surface area contributed by atoms with E-state index in [-0.39, 0.29) is 24.3 Å². The zero-order valence-electron chi connectivity index (χ0n) is 10.1. The van der Waals surface area contributed by atoms with Crippen LogP contribution in [0, 0.1) is 11.6 Å². The third kappa shape index (κ3) is 3.24. The van der Waals surface area contributed by atoms with Crippen molar-refractivity contribution >= 4 is 5.97 Å². The molecular formula is C12H14F2O4. The van der Waals surface area contributed by atoms with Gasteiger partial charge < -0.3 is 14.6 Å². The molecule has 6 heteroatoms. The van der Waals surface area contributed by atoms with Gasteiger partial charge in [-0.1, -0.05) is 0 Å². The maximum atomic E-state index is 13.5. The van der Waals surface area contributed by atoms with Crippen LogP contribution in [0.5, 0.6) is 0 Å². The second-order valence-corrected chi connectivity index (χ2v) is 3.55. The number of benzene rings is 1. The average molecular weight is 260 g/mol. The fraction of sp³-hybridized carbons (Fsp3) is 0.417. The summed E-state index contributed by atoms with van der Waals surface area (Å²) < 4.78 is 36.2. The molecule has 0 saturated carbocycles. The number of ether oxygens (including phenoxy) is 2. The first kappa shape index (κ1) is 14.5. The van der Waals surface area contributed by atoms with E-state index in [0.717, 1.165) is 12.1 Å². The maximum Gasteiger partial charge on any atom is 0.339 e. The first-order chi connectivity index (χ1) is 8.51. The molecule has 0 bridgehead atoms. The highest BCUT2D eigenvalue weighted by Crippen LogP contribution is 2.21. The topological polar surface area (TPSA) is 55.8 Å². The highest BCUT2D eigenvalue weighted by molar-refractivity contribution is 5.76. The number of hydrogen-bond acceptors (Lipinski definition) is 4. The summed E-state index contributed by atoms with van der Waals surface area (Å²) in [6.45, 7) is 1.41. The van der Waals surface area contributed by atoms with Gasteiger partial charge in [-0.25, -0.2) is 13.6 Å². The van der Waals surface area contributed by atoms with Crippen molar-refractivity contribution in [2.24, 2.45) is 0 Å². The first-order valence-corrected chi connectivity index (χ1v) is 5.32. The molecule has 100 valence electrons. The van der Waals surface area contributed by atoms with E-state index >= 15 is 0 Å². The molecular weight excluding hydrogens is 246 g/mol. The third-order valence-corrected chi connectivity index (χ3v) is 2.28. The lowest BCUT2D eigenvalue weighted by molar-refractivity contribution is -0.153. The number of hydrogen-bond donors (Lipinski definition) is 1. The molecule has 0 fully saturated rings. The highest BCUT2D eigenvalue weighted by Gasteiger charge is 2.22. The molecule has 1 rings (SSSR count). The summed E-state index contributed by atoms with van der Waals surface area (Å²) in [6.07, 6.45) is -1.70. The number of esters is 1. The smallest absolute Gasteiger partial charge is 0.339 e. The predicted octanol–water partition coefficient (Wildman–Crippen LogP) is 1.71. The fourth-order valence-electron chi connectivity index (χ4n) is 1.42. The van der Waals surface area contributed by atoms with Gasteiger partial charge in [0.2, 0.25) is 0 Å². The van der Waals surface area contributed by atoms with Crippen LogP contribution < -0.4 is 0 Å². The lowest BCUT2D eigenvalue weighted by Gasteiger charge is -2.12. The monoisotopic (exact) mass is 260 g/mol. The van der Waals surface area contributed by atoms with E-state index < -0.39 is 23.7 Å². The second-order valence-electron chi connectivity index (χ2n) is 3.55. The number of carbonyl (C=O) groups excluding carboxylic acids is 1. The van der Waals surface area contributed by atoms with Crippen LogP contribution in [0.2, 0.25) is 0 Å². The van der Waals surface area contributed by atoms with Crippen LogP contribution in [0.15, 0.2) is 12.1 Å². The van der Waals surface area contributed by atoms with Crippen molar-refractivity contribution in [3.05, 3.63) is 34.9 Å². The molecule has 0 amide bonds. The molecule has 0 spiro atoms. The summed E-state index contributed by atoms with van der Waals surface area (Å²) in [5.41, 5.74) is -0.444. The third-order valence-electron chi connectivity index (χ3n) is 2.28. The Kier molecular flexibility index (Phi) is 5.18. The average Bonchev–Trinajstić information content (AvgIpc) is 2.33. The van der Waals surface area contributed by atoms with E-state index in [0.29, 0.717) is 0 Å². The zero-order chi connectivity index (χ0) is 13.7. The highest BCUT2D eigenvalue weighted by atomic mass is 19.1. The minimum atomic E-state index is -1.70. The molecule has 1 atom stereocenters. The zero-order valence-corrected chi connectivity index (χ0v) is 10.1. The van der Waals surface area contributed by atoms with Crippen LogP contribution in [0.1, 0.15) is 24.2 Å². The van der Waals surface area contributed by atoms with Crippen LogP contribution in [0.4, 0.5) is 8.78 Å². The molecule has 1 N–H and O–H groups in total. The Bertz CT molecular complexity index is 411. The Morgan fingerprint density at radius 2 is 1.94 bits per heavy atom. The lowest BCUT2D eigenvalue weighted by Crippen LogP contribution is -2.16. The van der Waals surface area contributed by atoms with E-state index in [2.05, 4.69) is 9.47 Å². The van der Waals surface area contributed by atoms with Gasteiger partial charge in [-0.3, -0.25) is 0 Å². The summed E-state index contributed by atoms with van der Waals surface area (Å²) in [7, 11) is 1.31. The standard InChI is InChI=1S/C12H14F2O4/c1-3-18-12(16)11(15)7-4-9(13)8(6-17-2)10(14)5-7/h4-5,11,15H,3,6H2,1-2H3. The van der Waals surface area contributed by atoms with Crippen LogP contribution in [0.25, 0.3) is 0 Å². The van der Waals surface area contributed by atoms with Gasteiger partial charge in [0.15, 0.2) is 6.10 Å². The molecule has 0 aromatic heterocycles. The second kappa shape index (κ2) is 6.42. The molecule has 4 nitrogen and oxygen atoms in total. The van der Waals surface area contributed by atoms with Gasteiger partial charge in [-0.05, 0) is 24.6 Å². The summed E-state index contributed by atoms with van der Waals surface area (Å²) in [5.74, 6) is -2.71. The van der Waals surface area contributed by atoms with Crippen LogP contribution in [-0.4, -0.2) is 24.8 Å². The maximum absolute atomic E-state index is 13.5. The predicted molar refractivity (Wildman–Crippen MR) is 58.7 cm³/mol. The number of halogens is 2. The molecule has 1 aromatic rings. The number of carbonyl (C=O) groups is 1. The number of aliphatic hydroxyl groups is 1. The van der Waals surface area contributed by atoms with Crippen molar-refractivity contribution in [2.45, 2.75) is 19.6 Å². The van der Waals surface area contributed by atoms with E-state index in [1.165, 1.54) is 7.11 Å². The van der Waals surface area contributed by atoms with Crippen molar-refractivity contribution in [3.63, 3.8) is 0 Å². The summed E-state index contributed by atoms with van der Waals surface area (Å²) >= 11 is 0. The molecule has 1 aromatic carbocycles. The Hall–Kier alpha value is -1.53. The number of aliphatic hydroxyl groups excluding tert-OH is 1. The molecule has 0 radical (unpaired) electrons. The minimum Gasteiger partial charge on any atom is -0.464 e. The Balaban J connectivity index is 3.02. The van der Waals surface area contributed by atoms with Crippen molar-refractivity contribution < 1.29 is 28.2 Å². The number of rotatable bonds is 5. The molecule has 0 saturated heterocycles. The van der Waals surface area contributed by atoms with E-state index in [1.807, 2.05) is 0 Å². The van der Waals surface area contributed by atoms with Crippen molar-refractivity contribution in [2.75, 3.05) is 13.7 Å². The fourth-order valence-corrected chi connectivity index (χ4v) is 1.42. The van der Waals surface area contributed by atoms with Crippen molar-refractivity contribution in [3.8, 4) is 0 Å². The molecule has 0 heterocycles. The molecule has 0 aliphatic rings. The quantitative estimate of drug-likeness (QED) is 0.819. The Morgan fingerprint density at radius 1 is 1.39 bits per heavy atom. The summed E-state index contributed by atoms with van der Waals surface area (Å²) in [6, 6.07) is 1.78. The van der Waals surface area contributed by atoms with Crippen LogP contribution >= 0.6 is 0 Å². The van der Waals surface area contributed by atoms with Crippen LogP contribution in [-0.2, 0) is 20.9 Å². The van der Waals surface area contributed by atoms with E-state index in [9.17, 15) is 18.7 Å². The van der Waals surface area contributed by atoms with E-state index in [1.54, 1.807) is 6.92 Å². The van der Waals surface area contributed by atoms with Gasteiger partial charge in [0.1, 0.15) is 11.6 Å². The Labute approximate surface area is 103 Å². The lowest BCUT2D eigenvalue weighted by atomic mass is 10.1. The molecule has 0 aliphatic heterocycles. The summed E-state index contributed by atoms with van der Waals surface area (Å²) in [4.78, 5) is 11.2. The summed E-state index contributed by atoms with van der Waals surface area (Å²) in [5, 5.41) is 9.55. The molecule has 1 unspecified atom stereocenters. The minimum absolute atomic E-state index is 0.0720. The van der Waals surface area contributed by atoms with Crippen molar-refractivity contribution in [1.29, 1.82) is 0 Å². The van der Waals surface area contributed by atoms with Gasteiger partial charge in [0.05, 0.1) is 13.2 Å². The van der Waals surface area contributed by atoms with Gasteiger partial charge in [0, 0.05) is 12.7 Å². The largest absolute Gasteiger partial charge is 0.464 e. The van der Waals surface area contributed by atoms with E-state index in [4.69, 9.17) is 0 Å². The Morgan fingerprint density at radius 3 is 2.39 bits per heavy atom. The molecule has 0 aliphatic carbocycles. The van der Waals surface area contributed by atoms with Gasteiger partial charge in [-0.2, -0.15) is 0 Å². The SMILES string of the molecule is CCOC(=O)C(O)c1cc(F)c(COC)c(F)c1. The first-order valence-electron chi connectivity index (χ1n) is 5.32. The van der Waals surface area contributed by atoms with Crippen LogP contribution in [0.3, 0.4) is 0 Å².